The molecule has 1 saturated heterocycles. The van der Waals surface area contributed by atoms with Crippen molar-refractivity contribution in [2.45, 2.75) is 26.8 Å². The Kier molecular flexibility index (Phi) is 6.30. The van der Waals surface area contributed by atoms with Gasteiger partial charge in [-0.15, -0.1) is 0 Å². The van der Waals surface area contributed by atoms with E-state index in [1.165, 1.54) is 0 Å². The molecule has 2 heterocycles. The Morgan fingerprint density at radius 2 is 1.84 bits per heavy atom. The average molecular weight is 423 g/mol. The number of carbonyl (C=O) groups excluding carboxylic acids is 1. The number of nitrogens with one attached hydrogen (secondary N) is 1. The van der Waals surface area contributed by atoms with Gasteiger partial charge < -0.3 is 19.2 Å². The van der Waals surface area contributed by atoms with Crippen LogP contribution in [0.3, 0.4) is 0 Å². The van der Waals surface area contributed by atoms with Crippen LogP contribution < -0.4 is 10.1 Å². The second-order valence-corrected chi connectivity index (χ2v) is 8.16. The van der Waals surface area contributed by atoms with Crippen molar-refractivity contribution in [3.63, 3.8) is 0 Å². The Bertz CT molecular complexity index is 1070. The van der Waals surface area contributed by atoms with Gasteiger partial charge in [0.15, 0.2) is 5.76 Å². The summed E-state index contributed by atoms with van der Waals surface area (Å²) in [6.07, 6.45) is 0. The maximum Gasteiger partial charge on any atom is 0.287 e. The Hall–Kier alpha value is -2.83. The van der Waals surface area contributed by atoms with Crippen LogP contribution in [0.4, 0.5) is 0 Å². The Morgan fingerprint density at radius 1 is 1.13 bits per heavy atom. The molecule has 0 aliphatic carbocycles. The molecule has 6 nitrogen and oxygen atoms in total. The SMILES string of the molecule is COc1ccc(C(CNC(=O)c2oc3cc(C)cc(C)c3c2C)N2CCOCC2)cc1. The quantitative estimate of drug-likeness (QED) is 0.646. The van der Waals surface area contributed by atoms with Crippen molar-refractivity contribution in [3.8, 4) is 5.75 Å². The molecule has 164 valence electrons. The first-order chi connectivity index (χ1) is 15.0. The Labute approximate surface area is 183 Å². The van der Waals surface area contributed by atoms with E-state index in [4.69, 9.17) is 13.9 Å². The molecule has 1 aliphatic rings. The molecule has 1 aromatic heterocycles. The molecule has 2 aromatic carbocycles. The summed E-state index contributed by atoms with van der Waals surface area (Å²) >= 11 is 0. The van der Waals surface area contributed by atoms with Crippen LogP contribution in [0.25, 0.3) is 11.0 Å². The number of benzene rings is 2. The highest BCUT2D eigenvalue weighted by atomic mass is 16.5. The van der Waals surface area contributed by atoms with Crippen LogP contribution >= 0.6 is 0 Å². The van der Waals surface area contributed by atoms with Gasteiger partial charge in [0.2, 0.25) is 0 Å². The third kappa shape index (κ3) is 4.45. The zero-order valence-electron chi connectivity index (χ0n) is 18.7. The number of amides is 1. The normalized spacial score (nSPS) is 15.7. The number of fused-ring (bicyclic) bond motifs is 1. The number of carbonyl (C=O) groups is 1. The molecule has 6 heteroatoms. The van der Waals surface area contributed by atoms with Crippen molar-refractivity contribution in [2.75, 3.05) is 40.0 Å². The van der Waals surface area contributed by atoms with Gasteiger partial charge in [-0.2, -0.15) is 0 Å². The molecule has 0 spiro atoms. The first kappa shape index (κ1) is 21.4. The fourth-order valence-corrected chi connectivity index (χ4v) is 4.45. The number of ether oxygens (including phenoxy) is 2. The number of hydrogen-bond donors (Lipinski definition) is 1. The van der Waals surface area contributed by atoms with Crippen molar-refractivity contribution in [2.24, 2.45) is 0 Å². The van der Waals surface area contributed by atoms with Gasteiger partial charge in [0.05, 0.1) is 26.4 Å². The highest BCUT2D eigenvalue weighted by molar-refractivity contribution is 6.00. The van der Waals surface area contributed by atoms with Gasteiger partial charge in [-0.1, -0.05) is 18.2 Å². The van der Waals surface area contributed by atoms with Crippen molar-refractivity contribution < 1.29 is 18.7 Å². The van der Waals surface area contributed by atoms with Crippen molar-refractivity contribution in [3.05, 3.63) is 64.4 Å². The summed E-state index contributed by atoms with van der Waals surface area (Å²) in [5, 5.41) is 4.14. The molecule has 4 rings (SSSR count). The van der Waals surface area contributed by atoms with Crippen molar-refractivity contribution in [1.29, 1.82) is 0 Å². The van der Waals surface area contributed by atoms with Crippen LogP contribution in [0.1, 0.15) is 38.9 Å². The average Bonchev–Trinajstić information content (AvgIpc) is 3.11. The first-order valence-corrected chi connectivity index (χ1v) is 10.7. The van der Waals surface area contributed by atoms with Crippen LogP contribution in [0.2, 0.25) is 0 Å². The van der Waals surface area contributed by atoms with E-state index >= 15 is 0 Å². The molecule has 3 aromatic rings. The van der Waals surface area contributed by atoms with E-state index in [2.05, 4.69) is 35.3 Å². The molecule has 1 fully saturated rings. The third-order valence-corrected chi connectivity index (χ3v) is 6.02. The van der Waals surface area contributed by atoms with E-state index in [1.807, 2.05) is 32.0 Å². The molecule has 0 radical (unpaired) electrons. The lowest BCUT2D eigenvalue weighted by Gasteiger charge is -2.35. The topological polar surface area (TPSA) is 63.9 Å². The van der Waals surface area contributed by atoms with Crippen LogP contribution in [0, 0.1) is 20.8 Å². The minimum atomic E-state index is -0.183. The largest absolute Gasteiger partial charge is 0.497 e. The molecule has 1 N–H and O–H groups in total. The smallest absolute Gasteiger partial charge is 0.287 e. The van der Waals surface area contributed by atoms with E-state index in [0.29, 0.717) is 25.5 Å². The maximum atomic E-state index is 13.1. The second-order valence-electron chi connectivity index (χ2n) is 8.16. The van der Waals surface area contributed by atoms with Gasteiger partial charge in [-0.05, 0) is 55.7 Å². The van der Waals surface area contributed by atoms with Crippen LogP contribution in [0.5, 0.6) is 5.75 Å². The number of methoxy groups -OCH3 is 1. The lowest BCUT2D eigenvalue weighted by Crippen LogP contribution is -2.43. The summed E-state index contributed by atoms with van der Waals surface area (Å²) in [5.74, 6) is 1.02. The highest BCUT2D eigenvalue weighted by Crippen LogP contribution is 2.30. The molecular weight excluding hydrogens is 392 g/mol. The molecule has 1 atom stereocenters. The molecule has 1 aliphatic heterocycles. The van der Waals surface area contributed by atoms with E-state index in [0.717, 1.165) is 52.1 Å². The number of nitrogens with zero attached hydrogens (tertiary/aromatic N) is 1. The zero-order valence-corrected chi connectivity index (χ0v) is 18.7. The number of aryl methyl sites for hydroxylation is 3. The predicted octanol–water partition coefficient (Wildman–Crippen LogP) is 4.17. The fourth-order valence-electron chi connectivity index (χ4n) is 4.45. The van der Waals surface area contributed by atoms with Crippen LogP contribution in [-0.2, 0) is 4.74 Å². The highest BCUT2D eigenvalue weighted by Gasteiger charge is 2.25. The second kappa shape index (κ2) is 9.12. The molecular formula is C25H30N2O4. The lowest BCUT2D eigenvalue weighted by molar-refractivity contribution is 0.0161. The van der Waals surface area contributed by atoms with Gasteiger partial charge in [0.1, 0.15) is 11.3 Å². The summed E-state index contributed by atoms with van der Waals surface area (Å²) in [5.41, 5.74) is 5.03. The Morgan fingerprint density at radius 3 is 2.52 bits per heavy atom. The van der Waals surface area contributed by atoms with E-state index < -0.39 is 0 Å². The molecule has 31 heavy (non-hydrogen) atoms. The zero-order chi connectivity index (χ0) is 22.0. The first-order valence-electron chi connectivity index (χ1n) is 10.7. The summed E-state index contributed by atoms with van der Waals surface area (Å²) in [7, 11) is 1.66. The van der Waals surface area contributed by atoms with Crippen LogP contribution in [0.15, 0.2) is 40.8 Å². The number of hydrogen-bond acceptors (Lipinski definition) is 5. The Balaban J connectivity index is 1.56. The van der Waals surface area contributed by atoms with Gasteiger partial charge in [0.25, 0.3) is 5.91 Å². The van der Waals surface area contributed by atoms with Gasteiger partial charge in [-0.25, -0.2) is 0 Å². The monoisotopic (exact) mass is 422 g/mol. The summed E-state index contributed by atoms with van der Waals surface area (Å²) in [6, 6.07) is 12.2. The van der Waals surface area contributed by atoms with E-state index in [9.17, 15) is 4.79 Å². The number of morpholine rings is 1. The van der Waals surface area contributed by atoms with Crippen molar-refractivity contribution in [1.82, 2.24) is 10.2 Å². The number of furan rings is 1. The summed E-state index contributed by atoms with van der Waals surface area (Å²) < 4.78 is 16.8. The summed E-state index contributed by atoms with van der Waals surface area (Å²) in [6.45, 7) is 9.57. The lowest BCUT2D eigenvalue weighted by atomic mass is 10.0. The maximum absolute atomic E-state index is 13.1. The molecule has 0 saturated carbocycles. The van der Waals surface area contributed by atoms with Gasteiger partial charge >= 0.3 is 0 Å². The molecule has 1 amide bonds. The minimum absolute atomic E-state index is 0.0485. The van der Waals surface area contributed by atoms with E-state index in [1.54, 1.807) is 7.11 Å². The minimum Gasteiger partial charge on any atom is -0.497 e. The fraction of sp³-hybridized carbons (Fsp3) is 0.400. The third-order valence-electron chi connectivity index (χ3n) is 6.02. The molecule has 1 unspecified atom stereocenters. The van der Waals surface area contributed by atoms with Crippen LogP contribution in [-0.4, -0.2) is 50.8 Å². The van der Waals surface area contributed by atoms with Crippen molar-refractivity contribution >= 4 is 16.9 Å². The standard InChI is InChI=1S/C25H30N2O4/c1-16-13-17(2)23-18(3)24(31-22(23)14-16)25(28)26-15-21(27-9-11-30-12-10-27)19-5-7-20(29-4)8-6-19/h5-8,13-14,21H,9-12,15H2,1-4H3,(H,26,28). The van der Waals surface area contributed by atoms with Gasteiger partial charge in [-0.3, -0.25) is 9.69 Å². The molecule has 0 bridgehead atoms. The van der Waals surface area contributed by atoms with E-state index in [-0.39, 0.29) is 11.9 Å². The summed E-state index contributed by atoms with van der Waals surface area (Å²) in [4.78, 5) is 15.4. The predicted molar refractivity (Wildman–Crippen MR) is 121 cm³/mol. The number of rotatable bonds is 6. The van der Waals surface area contributed by atoms with Gasteiger partial charge in [0, 0.05) is 30.6 Å².